The number of carbonyl (C=O) groups excluding carboxylic acids is 1. The van der Waals surface area contributed by atoms with E-state index in [1.165, 1.54) is 21.0 Å². The number of hydrogen-bond donors (Lipinski definition) is 9. The number of carbonyl (C=O) groups is 1. The summed E-state index contributed by atoms with van der Waals surface area (Å²) in [5.41, 5.74) is 0. The maximum absolute atomic E-state index is 11.8. The highest BCUT2D eigenvalue weighted by atomic mass is 16.7. The van der Waals surface area contributed by atoms with Gasteiger partial charge in [0.25, 0.3) is 0 Å². The highest BCUT2D eigenvalue weighted by molar-refractivity contribution is 5.73. The van der Waals surface area contributed by atoms with Crippen molar-refractivity contribution in [2.24, 2.45) is 5.92 Å². The Hall–Kier alpha value is -1.05. The van der Waals surface area contributed by atoms with Crippen molar-refractivity contribution >= 4 is 5.91 Å². The molecule has 0 aromatic rings. The van der Waals surface area contributed by atoms with Crippen molar-refractivity contribution in [2.75, 3.05) is 20.3 Å². The highest BCUT2D eigenvalue weighted by Gasteiger charge is 2.53. The lowest BCUT2D eigenvalue weighted by Gasteiger charge is -2.49. The first-order chi connectivity index (χ1) is 17.4. The van der Waals surface area contributed by atoms with E-state index in [0.29, 0.717) is 0 Å². The van der Waals surface area contributed by atoms with Crippen LogP contribution >= 0.6 is 0 Å². The molecule has 15 atom stereocenters. The molecule has 0 saturated carbocycles. The van der Waals surface area contributed by atoms with E-state index in [-0.39, 0.29) is 6.42 Å². The molecule has 15 heteroatoms. The van der Waals surface area contributed by atoms with E-state index in [0.717, 1.165) is 0 Å². The van der Waals surface area contributed by atoms with Crippen LogP contribution in [-0.4, -0.2) is 153 Å². The van der Waals surface area contributed by atoms with E-state index in [4.69, 9.17) is 23.7 Å². The van der Waals surface area contributed by atoms with Crippen LogP contribution in [0.4, 0.5) is 0 Å². The third-order valence-electron chi connectivity index (χ3n) is 7.21. The van der Waals surface area contributed by atoms with Gasteiger partial charge in [0, 0.05) is 20.0 Å². The second kappa shape index (κ2) is 12.9. The summed E-state index contributed by atoms with van der Waals surface area (Å²) in [5.74, 6) is -1.52. The molecule has 0 aromatic carbocycles. The molecule has 0 aliphatic carbocycles. The first-order valence-electron chi connectivity index (χ1n) is 12.2. The molecule has 216 valence electrons. The lowest BCUT2D eigenvalue weighted by Crippen LogP contribution is -2.67. The molecule has 0 radical (unpaired) electrons. The van der Waals surface area contributed by atoms with Crippen molar-refractivity contribution in [3.63, 3.8) is 0 Å². The molecule has 3 aliphatic heterocycles. The Morgan fingerprint density at radius 1 is 0.784 bits per heavy atom. The van der Waals surface area contributed by atoms with Crippen LogP contribution in [0.5, 0.6) is 0 Å². The standard InChI is InChI=1S/C22H39NO14/c1-7-14(27)19(32)15(28)10(34-7)4-9-20(17(30)12(6-25)35-21(9)33-3)37-22-13(23-8(2)26)18(31)16(29)11(5-24)36-22/h7,9-22,24-25,27-32H,4-6H2,1-3H3,(H,23,26)/t7-,9-,10+,11-,12-,13-,14-,15-,16+,17+,18-,19-,20?,21-,22+/m1/s1. The van der Waals surface area contributed by atoms with E-state index < -0.39 is 111 Å². The van der Waals surface area contributed by atoms with Gasteiger partial charge in [0.05, 0.1) is 31.5 Å². The number of nitrogens with one attached hydrogen (secondary N) is 1. The number of aliphatic hydroxyl groups is 8. The second-order valence-corrected chi connectivity index (χ2v) is 9.74. The van der Waals surface area contributed by atoms with Crippen LogP contribution in [0.25, 0.3) is 0 Å². The van der Waals surface area contributed by atoms with E-state index >= 15 is 0 Å². The third kappa shape index (κ3) is 6.41. The zero-order valence-corrected chi connectivity index (χ0v) is 20.8. The Labute approximate surface area is 213 Å². The molecular weight excluding hydrogens is 502 g/mol. The SMILES string of the molecule is CO[C@@H]1O[C@H](CO)[C@H](O)C(O[C@@H]2O[C@H](CO)[C@H](O)[C@H](O)[C@H]2NC(C)=O)[C@H]1C[C@@H]1O[C@H](C)[C@@H](O)[C@@H](O)[C@@H]1O. The van der Waals surface area contributed by atoms with Crippen molar-refractivity contribution in [3.05, 3.63) is 0 Å². The summed E-state index contributed by atoms with van der Waals surface area (Å²) in [4.78, 5) is 11.8. The maximum atomic E-state index is 11.8. The lowest BCUT2D eigenvalue weighted by atomic mass is 9.83. The molecule has 0 bridgehead atoms. The summed E-state index contributed by atoms with van der Waals surface area (Å²) in [6.45, 7) is 1.37. The minimum absolute atomic E-state index is 0.125. The molecule has 1 unspecified atom stereocenters. The molecule has 0 aromatic heterocycles. The zero-order valence-electron chi connectivity index (χ0n) is 20.8. The summed E-state index contributed by atoms with van der Waals surface area (Å²) in [6.07, 6.45) is -17.4. The first-order valence-corrected chi connectivity index (χ1v) is 12.2. The van der Waals surface area contributed by atoms with Crippen LogP contribution in [0, 0.1) is 5.92 Å². The topological polar surface area (TPSA) is 237 Å². The van der Waals surface area contributed by atoms with Gasteiger partial charge < -0.3 is 69.9 Å². The van der Waals surface area contributed by atoms with Crippen LogP contribution in [0.2, 0.25) is 0 Å². The fourth-order valence-corrected chi connectivity index (χ4v) is 5.12. The summed E-state index contributed by atoms with van der Waals surface area (Å²) in [5, 5.41) is 84.5. The number of rotatable bonds is 8. The molecule has 3 aliphatic rings. The normalized spacial score (nSPS) is 49.0. The third-order valence-corrected chi connectivity index (χ3v) is 7.21. The van der Waals surface area contributed by atoms with Crippen molar-refractivity contribution in [2.45, 2.75) is 106 Å². The monoisotopic (exact) mass is 541 g/mol. The van der Waals surface area contributed by atoms with E-state index in [2.05, 4.69) is 5.32 Å². The van der Waals surface area contributed by atoms with Gasteiger partial charge in [0.2, 0.25) is 5.91 Å². The number of ether oxygens (including phenoxy) is 5. The van der Waals surface area contributed by atoms with Crippen LogP contribution in [0.15, 0.2) is 0 Å². The molecule has 3 saturated heterocycles. The summed E-state index contributed by atoms with van der Waals surface area (Å²) >= 11 is 0. The van der Waals surface area contributed by atoms with Gasteiger partial charge in [-0.1, -0.05) is 0 Å². The summed E-state index contributed by atoms with van der Waals surface area (Å²) < 4.78 is 28.4. The predicted molar refractivity (Wildman–Crippen MR) is 119 cm³/mol. The Kier molecular flexibility index (Phi) is 10.6. The van der Waals surface area contributed by atoms with E-state index in [1.807, 2.05) is 0 Å². The van der Waals surface area contributed by atoms with Crippen molar-refractivity contribution in [1.29, 1.82) is 0 Å². The Balaban J connectivity index is 1.92. The van der Waals surface area contributed by atoms with Gasteiger partial charge in [0.1, 0.15) is 54.9 Å². The lowest BCUT2D eigenvalue weighted by molar-refractivity contribution is -0.340. The molecular formula is C22H39NO14. The predicted octanol–water partition coefficient (Wildman–Crippen LogP) is -5.08. The van der Waals surface area contributed by atoms with Gasteiger partial charge >= 0.3 is 0 Å². The average Bonchev–Trinajstić information content (AvgIpc) is 2.87. The molecule has 0 spiro atoms. The Bertz CT molecular complexity index is 746. The molecule has 15 nitrogen and oxygen atoms in total. The van der Waals surface area contributed by atoms with Gasteiger partial charge in [-0.3, -0.25) is 4.79 Å². The molecule has 1 amide bonds. The minimum Gasteiger partial charge on any atom is -0.394 e. The Morgan fingerprint density at radius 3 is 1.92 bits per heavy atom. The van der Waals surface area contributed by atoms with Gasteiger partial charge in [-0.05, 0) is 13.3 Å². The van der Waals surface area contributed by atoms with Crippen molar-refractivity contribution in [3.8, 4) is 0 Å². The smallest absolute Gasteiger partial charge is 0.217 e. The van der Waals surface area contributed by atoms with Crippen LogP contribution < -0.4 is 5.32 Å². The fourth-order valence-electron chi connectivity index (χ4n) is 5.12. The minimum atomic E-state index is -1.61. The number of amides is 1. The average molecular weight is 542 g/mol. The molecule has 3 heterocycles. The van der Waals surface area contributed by atoms with Crippen LogP contribution in [0.3, 0.4) is 0 Å². The molecule has 37 heavy (non-hydrogen) atoms. The second-order valence-electron chi connectivity index (χ2n) is 9.74. The quantitative estimate of drug-likeness (QED) is 0.140. The summed E-state index contributed by atoms with van der Waals surface area (Å²) in [6, 6.07) is -1.31. The maximum Gasteiger partial charge on any atom is 0.217 e. The zero-order chi connectivity index (χ0) is 27.6. The van der Waals surface area contributed by atoms with Gasteiger partial charge in [0.15, 0.2) is 12.6 Å². The van der Waals surface area contributed by atoms with Crippen LogP contribution in [0.1, 0.15) is 20.3 Å². The van der Waals surface area contributed by atoms with Crippen molar-refractivity contribution in [1.82, 2.24) is 5.32 Å². The largest absolute Gasteiger partial charge is 0.394 e. The number of methoxy groups -OCH3 is 1. The van der Waals surface area contributed by atoms with Crippen LogP contribution in [-0.2, 0) is 28.5 Å². The van der Waals surface area contributed by atoms with Gasteiger partial charge in [-0.2, -0.15) is 0 Å². The molecule has 3 fully saturated rings. The Morgan fingerprint density at radius 2 is 1.35 bits per heavy atom. The fraction of sp³-hybridized carbons (Fsp3) is 0.955. The van der Waals surface area contributed by atoms with Crippen molar-refractivity contribution < 1.29 is 69.3 Å². The summed E-state index contributed by atoms with van der Waals surface area (Å²) in [7, 11) is 1.30. The van der Waals surface area contributed by atoms with E-state index in [9.17, 15) is 45.6 Å². The first kappa shape index (κ1) is 30.5. The molecule has 3 rings (SSSR count). The van der Waals surface area contributed by atoms with Gasteiger partial charge in [-0.25, -0.2) is 0 Å². The highest BCUT2D eigenvalue weighted by Crippen LogP contribution is 2.37. The number of hydrogen-bond acceptors (Lipinski definition) is 14. The van der Waals surface area contributed by atoms with E-state index in [1.54, 1.807) is 0 Å². The van der Waals surface area contributed by atoms with Gasteiger partial charge in [-0.15, -0.1) is 0 Å². The number of aliphatic hydroxyl groups excluding tert-OH is 8. The molecule has 9 N–H and O–H groups in total.